The summed E-state index contributed by atoms with van der Waals surface area (Å²) in [5.74, 6) is -0.390. The first-order valence-electron chi connectivity index (χ1n) is 4.84. The molecule has 0 saturated heterocycles. The zero-order valence-electron chi connectivity index (χ0n) is 8.75. The van der Waals surface area contributed by atoms with Crippen molar-refractivity contribution in [2.24, 2.45) is 0 Å². The van der Waals surface area contributed by atoms with Gasteiger partial charge in [0.2, 0.25) is 0 Å². The van der Waals surface area contributed by atoms with Gasteiger partial charge in [0, 0.05) is 5.56 Å². The van der Waals surface area contributed by atoms with Crippen LogP contribution in [-0.2, 0) is 6.61 Å². The number of aromatic hydroxyl groups is 1. The highest BCUT2D eigenvalue weighted by Crippen LogP contribution is 2.17. The van der Waals surface area contributed by atoms with Crippen LogP contribution in [0.3, 0.4) is 0 Å². The number of aromatic nitrogens is 2. The predicted molar refractivity (Wildman–Crippen MR) is 58.0 cm³/mol. The minimum absolute atomic E-state index is 0.0174. The van der Waals surface area contributed by atoms with Crippen molar-refractivity contribution in [3.05, 3.63) is 41.7 Å². The normalized spacial score (nSPS) is 10.1. The van der Waals surface area contributed by atoms with E-state index in [2.05, 4.69) is 10.2 Å². The Kier molecular flexibility index (Phi) is 2.95. The van der Waals surface area contributed by atoms with Crippen molar-refractivity contribution in [1.82, 2.24) is 10.2 Å². The molecule has 0 fully saturated rings. The van der Waals surface area contributed by atoms with Crippen molar-refractivity contribution in [2.75, 3.05) is 0 Å². The quantitative estimate of drug-likeness (QED) is 0.743. The number of rotatable bonds is 4. The summed E-state index contributed by atoms with van der Waals surface area (Å²) in [6.07, 6.45) is 1.41. The summed E-state index contributed by atoms with van der Waals surface area (Å²) in [4.78, 5) is 10.8. The molecular formula is C11H10N2O4. The minimum Gasteiger partial charge on any atom is -0.508 e. The Morgan fingerprint density at radius 2 is 2.06 bits per heavy atom. The van der Waals surface area contributed by atoms with Gasteiger partial charge in [0.25, 0.3) is 0 Å². The number of H-pyrrole nitrogens is 1. The fourth-order valence-electron chi connectivity index (χ4n) is 1.31. The first-order valence-corrected chi connectivity index (χ1v) is 4.84. The molecule has 1 aromatic heterocycles. The average molecular weight is 234 g/mol. The van der Waals surface area contributed by atoms with E-state index in [1.54, 1.807) is 12.1 Å². The Bertz CT molecular complexity index is 519. The number of hydrogen-bond acceptors (Lipinski definition) is 4. The first kappa shape index (κ1) is 11.0. The third kappa shape index (κ3) is 2.54. The predicted octanol–water partition coefficient (Wildman–Crippen LogP) is 1.39. The maximum atomic E-state index is 10.8. The highest BCUT2D eigenvalue weighted by molar-refractivity contribution is 5.86. The number of aromatic carboxylic acids is 1. The summed E-state index contributed by atoms with van der Waals surface area (Å²) >= 11 is 0. The molecule has 88 valence electrons. The number of aromatic amines is 1. The van der Waals surface area contributed by atoms with Crippen molar-refractivity contribution in [3.63, 3.8) is 0 Å². The van der Waals surface area contributed by atoms with E-state index >= 15 is 0 Å². The van der Waals surface area contributed by atoms with Gasteiger partial charge in [-0.05, 0) is 24.3 Å². The van der Waals surface area contributed by atoms with Crippen LogP contribution in [0.2, 0.25) is 0 Å². The highest BCUT2D eigenvalue weighted by atomic mass is 16.5. The van der Waals surface area contributed by atoms with Crippen LogP contribution in [0.4, 0.5) is 0 Å². The van der Waals surface area contributed by atoms with Crippen LogP contribution in [0.25, 0.3) is 0 Å². The molecule has 0 unspecified atom stereocenters. The summed E-state index contributed by atoms with van der Waals surface area (Å²) in [6.45, 7) is 0.100. The number of hydrogen-bond donors (Lipinski definition) is 3. The zero-order valence-corrected chi connectivity index (χ0v) is 8.75. The van der Waals surface area contributed by atoms with Crippen molar-refractivity contribution in [1.29, 1.82) is 0 Å². The molecule has 0 aliphatic rings. The van der Waals surface area contributed by atoms with E-state index in [4.69, 9.17) is 14.9 Å². The van der Waals surface area contributed by atoms with Crippen molar-refractivity contribution in [3.8, 4) is 11.5 Å². The minimum atomic E-state index is -1.08. The Labute approximate surface area is 96.5 Å². The molecule has 0 bridgehead atoms. The summed E-state index contributed by atoms with van der Waals surface area (Å²) in [5, 5.41) is 23.9. The molecule has 6 heteroatoms. The number of ether oxygens (including phenoxy) is 1. The van der Waals surface area contributed by atoms with Gasteiger partial charge in [0.05, 0.1) is 6.20 Å². The molecule has 0 amide bonds. The van der Waals surface area contributed by atoms with Crippen molar-refractivity contribution in [2.45, 2.75) is 6.61 Å². The largest absolute Gasteiger partial charge is 0.508 e. The van der Waals surface area contributed by atoms with E-state index in [0.29, 0.717) is 11.3 Å². The molecule has 17 heavy (non-hydrogen) atoms. The average Bonchev–Trinajstić information content (AvgIpc) is 2.76. The molecule has 2 rings (SSSR count). The SMILES string of the molecule is O=C(O)c1[nH]ncc1COc1ccc(O)cc1. The maximum absolute atomic E-state index is 10.8. The van der Waals surface area contributed by atoms with Crippen LogP contribution in [0.1, 0.15) is 16.1 Å². The van der Waals surface area contributed by atoms with Gasteiger partial charge in [0.15, 0.2) is 0 Å². The third-order valence-electron chi connectivity index (χ3n) is 2.16. The van der Waals surface area contributed by atoms with Gasteiger partial charge in [-0.15, -0.1) is 0 Å². The van der Waals surface area contributed by atoms with E-state index in [0.717, 1.165) is 0 Å². The molecule has 1 heterocycles. The van der Waals surface area contributed by atoms with Gasteiger partial charge < -0.3 is 14.9 Å². The topological polar surface area (TPSA) is 95.4 Å². The lowest BCUT2D eigenvalue weighted by atomic mass is 10.2. The third-order valence-corrected chi connectivity index (χ3v) is 2.16. The number of carboxylic acids is 1. The molecule has 6 nitrogen and oxygen atoms in total. The number of nitrogens with one attached hydrogen (secondary N) is 1. The molecule has 3 N–H and O–H groups in total. The van der Waals surface area contributed by atoms with E-state index < -0.39 is 5.97 Å². The van der Waals surface area contributed by atoms with Gasteiger partial charge >= 0.3 is 5.97 Å². The first-order chi connectivity index (χ1) is 8.16. The summed E-state index contributed by atoms with van der Waals surface area (Å²) in [7, 11) is 0. The van der Waals surface area contributed by atoms with Gasteiger partial charge in [-0.3, -0.25) is 5.10 Å². The molecule has 0 aliphatic heterocycles. The number of benzene rings is 1. The van der Waals surface area contributed by atoms with E-state index in [9.17, 15) is 4.79 Å². The van der Waals surface area contributed by atoms with Crippen molar-refractivity contribution < 1.29 is 19.7 Å². The van der Waals surface area contributed by atoms with Gasteiger partial charge in [-0.25, -0.2) is 4.79 Å². The summed E-state index contributed by atoms with van der Waals surface area (Å²) in [5.41, 5.74) is 0.481. The number of phenols is 1. The second-order valence-electron chi connectivity index (χ2n) is 3.36. The van der Waals surface area contributed by atoms with Gasteiger partial charge in [0.1, 0.15) is 23.8 Å². The molecule has 0 aliphatic carbocycles. The maximum Gasteiger partial charge on any atom is 0.354 e. The standard InChI is InChI=1S/C11H10N2O4/c14-8-1-3-9(4-2-8)17-6-7-5-12-13-10(7)11(15)16/h1-5,14H,6H2,(H,12,13)(H,15,16). The lowest BCUT2D eigenvalue weighted by Crippen LogP contribution is -2.04. The van der Waals surface area contributed by atoms with E-state index in [1.165, 1.54) is 18.3 Å². The summed E-state index contributed by atoms with van der Waals surface area (Å²) in [6, 6.07) is 6.16. The van der Waals surface area contributed by atoms with Crippen LogP contribution in [0.5, 0.6) is 11.5 Å². The van der Waals surface area contributed by atoms with Gasteiger partial charge in [-0.2, -0.15) is 5.10 Å². The van der Waals surface area contributed by atoms with E-state index in [-0.39, 0.29) is 18.1 Å². The number of carbonyl (C=O) groups is 1. The number of carboxylic acid groups (broad SMARTS) is 1. The Morgan fingerprint density at radius 1 is 1.35 bits per heavy atom. The van der Waals surface area contributed by atoms with Crippen LogP contribution in [0.15, 0.2) is 30.5 Å². The van der Waals surface area contributed by atoms with Crippen LogP contribution in [0, 0.1) is 0 Å². The molecule has 0 spiro atoms. The monoisotopic (exact) mass is 234 g/mol. The van der Waals surface area contributed by atoms with Gasteiger partial charge in [-0.1, -0.05) is 0 Å². The fourth-order valence-corrected chi connectivity index (χ4v) is 1.31. The zero-order chi connectivity index (χ0) is 12.3. The summed E-state index contributed by atoms with van der Waals surface area (Å²) < 4.78 is 5.36. The second kappa shape index (κ2) is 4.56. The molecule has 0 saturated carbocycles. The molecule has 0 atom stereocenters. The smallest absolute Gasteiger partial charge is 0.354 e. The number of nitrogens with zero attached hydrogens (tertiary/aromatic N) is 1. The number of phenolic OH excluding ortho intramolecular Hbond substituents is 1. The molecule has 0 radical (unpaired) electrons. The lowest BCUT2D eigenvalue weighted by Gasteiger charge is -2.05. The Morgan fingerprint density at radius 3 is 2.71 bits per heavy atom. The van der Waals surface area contributed by atoms with Crippen LogP contribution in [-0.4, -0.2) is 26.4 Å². The Hall–Kier alpha value is -2.50. The van der Waals surface area contributed by atoms with Crippen molar-refractivity contribution >= 4 is 5.97 Å². The fraction of sp³-hybridized carbons (Fsp3) is 0.0909. The van der Waals surface area contributed by atoms with E-state index in [1.807, 2.05) is 0 Å². The molecular weight excluding hydrogens is 224 g/mol. The second-order valence-corrected chi connectivity index (χ2v) is 3.36. The molecule has 2 aromatic rings. The Balaban J connectivity index is 2.05. The highest BCUT2D eigenvalue weighted by Gasteiger charge is 2.12. The van der Waals surface area contributed by atoms with Crippen LogP contribution >= 0.6 is 0 Å². The lowest BCUT2D eigenvalue weighted by molar-refractivity contribution is 0.0687. The molecule has 1 aromatic carbocycles. The van der Waals surface area contributed by atoms with Crippen LogP contribution < -0.4 is 4.74 Å².